The van der Waals surface area contributed by atoms with Crippen molar-refractivity contribution in [3.63, 3.8) is 0 Å². The minimum atomic E-state index is 0. The molecular formula is CH5N3SSi. The first-order chi connectivity index (χ1) is 2.27. The van der Waals surface area contributed by atoms with Gasteiger partial charge in [-0.1, -0.05) is 0 Å². The molecule has 0 atom stereocenters. The zero-order valence-electron chi connectivity index (χ0n) is 3.06. The molecule has 0 saturated carbocycles. The molecule has 0 unspecified atom stereocenters. The van der Waals surface area contributed by atoms with Gasteiger partial charge in [-0.3, -0.25) is 0 Å². The van der Waals surface area contributed by atoms with E-state index in [4.69, 9.17) is 5.73 Å². The molecular weight excluding hydrogens is 114 g/mol. The molecule has 6 heavy (non-hydrogen) atoms. The van der Waals surface area contributed by atoms with Crippen LogP contribution in [0, 0.1) is 0 Å². The lowest BCUT2D eigenvalue weighted by atomic mass is 11.2. The van der Waals surface area contributed by atoms with Crippen molar-refractivity contribution in [1.82, 2.24) is 5.43 Å². The van der Waals surface area contributed by atoms with E-state index in [0.29, 0.717) is 0 Å². The zero-order valence-corrected chi connectivity index (χ0v) is 4.88. The van der Waals surface area contributed by atoms with Crippen LogP contribution in [-0.4, -0.2) is 16.1 Å². The van der Waals surface area contributed by atoms with Crippen molar-refractivity contribution in [2.24, 2.45) is 11.6 Å². The fraction of sp³-hybridized carbons (Fsp3) is 0. The highest BCUT2D eigenvalue weighted by molar-refractivity contribution is 7.80. The molecule has 3 nitrogen and oxygen atoms in total. The molecule has 0 spiro atoms. The standard InChI is InChI=1S/CH5N3S.Si/c2-1(5)4-3;/h3H2,(H3,2,4,5);. The summed E-state index contributed by atoms with van der Waals surface area (Å²) < 4.78 is 0. The Kier molecular flexibility index (Phi) is 7.54. The van der Waals surface area contributed by atoms with Gasteiger partial charge in [0.25, 0.3) is 0 Å². The van der Waals surface area contributed by atoms with Gasteiger partial charge in [0.15, 0.2) is 5.11 Å². The molecule has 0 rings (SSSR count). The van der Waals surface area contributed by atoms with Gasteiger partial charge in [0.1, 0.15) is 0 Å². The maximum atomic E-state index is 4.79. The van der Waals surface area contributed by atoms with Crippen molar-refractivity contribution >= 4 is 28.3 Å². The first-order valence-corrected chi connectivity index (χ1v) is 1.44. The largest absolute Gasteiger partial charge is 0.375 e. The molecule has 0 fully saturated rings. The van der Waals surface area contributed by atoms with Crippen molar-refractivity contribution < 1.29 is 0 Å². The molecule has 0 aliphatic rings. The number of nitrogens with two attached hydrogens (primary N) is 2. The number of hydrogen-bond donors (Lipinski definition) is 3. The summed E-state index contributed by atoms with van der Waals surface area (Å²) in [6.45, 7) is 0. The number of rotatable bonds is 0. The Bertz CT molecular complexity index is 46.1. The summed E-state index contributed by atoms with van der Waals surface area (Å²) in [5, 5.41) is 0.116. The predicted molar refractivity (Wildman–Crippen MR) is 29.9 cm³/mol. The van der Waals surface area contributed by atoms with Crippen LogP contribution in [0.3, 0.4) is 0 Å². The smallest absolute Gasteiger partial charge is 0.177 e. The zero-order chi connectivity index (χ0) is 4.28. The van der Waals surface area contributed by atoms with Gasteiger partial charge in [0, 0.05) is 11.0 Å². The molecule has 0 saturated heterocycles. The van der Waals surface area contributed by atoms with Crippen LogP contribution in [0.4, 0.5) is 0 Å². The van der Waals surface area contributed by atoms with Crippen LogP contribution in [0.25, 0.3) is 0 Å². The first kappa shape index (κ1) is 9.29. The van der Waals surface area contributed by atoms with Crippen molar-refractivity contribution in [2.45, 2.75) is 0 Å². The quantitative estimate of drug-likeness (QED) is 0.154. The van der Waals surface area contributed by atoms with Crippen LogP contribution in [0.1, 0.15) is 0 Å². The Balaban J connectivity index is 0. The van der Waals surface area contributed by atoms with Crippen LogP contribution in [0.15, 0.2) is 0 Å². The molecule has 0 aliphatic carbocycles. The van der Waals surface area contributed by atoms with Gasteiger partial charge >= 0.3 is 0 Å². The Morgan fingerprint density at radius 2 is 1.83 bits per heavy atom. The average molecular weight is 119 g/mol. The summed E-state index contributed by atoms with van der Waals surface area (Å²) in [5.74, 6) is 4.66. The van der Waals surface area contributed by atoms with Crippen molar-refractivity contribution in [3.05, 3.63) is 0 Å². The van der Waals surface area contributed by atoms with E-state index in [1.165, 1.54) is 0 Å². The van der Waals surface area contributed by atoms with Crippen LogP contribution >= 0.6 is 12.2 Å². The molecule has 34 valence electrons. The highest BCUT2D eigenvalue weighted by atomic mass is 32.1. The molecule has 5 N–H and O–H groups in total. The maximum absolute atomic E-state index is 4.79. The summed E-state index contributed by atoms with van der Waals surface area (Å²) in [5.41, 5.74) is 6.82. The summed E-state index contributed by atoms with van der Waals surface area (Å²) in [6.07, 6.45) is 0. The van der Waals surface area contributed by atoms with Crippen LogP contribution < -0.4 is 17.0 Å². The third-order valence-electron chi connectivity index (χ3n) is 0.142. The predicted octanol–water partition coefficient (Wildman–Crippen LogP) is -1.69. The van der Waals surface area contributed by atoms with E-state index in [2.05, 4.69) is 18.1 Å². The lowest BCUT2D eigenvalue weighted by Gasteiger charge is -1.85. The van der Waals surface area contributed by atoms with E-state index in [1.807, 2.05) is 5.43 Å². The van der Waals surface area contributed by atoms with E-state index < -0.39 is 0 Å². The van der Waals surface area contributed by atoms with Crippen LogP contribution in [-0.2, 0) is 0 Å². The van der Waals surface area contributed by atoms with E-state index in [0.717, 1.165) is 0 Å². The van der Waals surface area contributed by atoms with Gasteiger partial charge in [-0.2, -0.15) is 0 Å². The normalized spacial score (nSPS) is 5.50. The number of thiocarbonyl (C=S) groups is 1. The van der Waals surface area contributed by atoms with E-state index in [1.54, 1.807) is 0 Å². The molecule has 0 bridgehead atoms. The fourth-order valence-electron chi connectivity index (χ4n) is 0. The van der Waals surface area contributed by atoms with Gasteiger partial charge < -0.3 is 11.2 Å². The van der Waals surface area contributed by atoms with Crippen molar-refractivity contribution in [2.75, 3.05) is 0 Å². The van der Waals surface area contributed by atoms with Crippen LogP contribution in [0.5, 0.6) is 0 Å². The molecule has 5 heteroatoms. The lowest BCUT2D eigenvalue weighted by molar-refractivity contribution is 1.03. The number of nitrogens with one attached hydrogen (secondary N) is 1. The van der Waals surface area contributed by atoms with Gasteiger partial charge in [-0.25, -0.2) is 5.84 Å². The summed E-state index contributed by atoms with van der Waals surface area (Å²) >= 11 is 4.24. The van der Waals surface area contributed by atoms with E-state index in [9.17, 15) is 0 Å². The van der Waals surface area contributed by atoms with E-state index in [-0.39, 0.29) is 16.1 Å². The number of hydrogen-bond acceptors (Lipinski definition) is 2. The minimum absolute atomic E-state index is 0. The molecule has 0 aromatic heterocycles. The van der Waals surface area contributed by atoms with Gasteiger partial charge in [0.2, 0.25) is 0 Å². The first-order valence-electron chi connectivity index (χ1n) is 1.03. The van der Waals surface area contributed by atoms with Gasteiger partial charge in [-0.05, 0) is 12.2 Å². The van der Waals surface area contributed by atoms with Gasteiger partial charge in [0.05, 0.1) is 0 Å². The summed E-state index contributed by atoms with van der Waals surface area (Å²) in [6, 6.07) is 0. The monoisotopic (exact) mass is 119 g/mol. The minimum Gasteiger partial charge on any atom is -0.375 e. The Labute approximate surface area is 46.1 Å². The molecule has 0 aliphatic heterocycles. The molecule has 0 amide bonds. The Hall–Kier alpha value is -0.133. The molecule has 0 heterocycles. The average Bonchev–Trinajstić information content (AvgIpc) is 1.38. The SMILES string of the molecule is NNC(N)=S.[Si]. The van der Waals surface area contributed by atoms with Crippen molar-refractivity contribution in [1.29, 1.82) is 0 Å². The summed E-state index contributed by atoms with van der Waals surface area (Å²) in [4.78, 5) is 0. The Morgan fingerprint density at radius 3 is 1.83 bits per heavy atom. The third-order valence-corrected chi connectivity index (χ3v) is 0.260. The molecule has 4 radical (unpaired) electrons. The highest BCUT2D eigenvalue weighted by Crippen LogP contribution is 1.40. The molecule has 0 aromatic carbocycles. The van der Waals surface area contributed by atoms with E-state index >= 15 is 0 Å². The van der Waals surface area contributed by atoms with Crippen molar-refractivity contribution in [3.8, 4) is 0 Å². The highest BCUT2D eigenvalue weighted by Gasteiger charge is 1.66. The maximum Gasteiger partial charge on any atom is 0.177 e. The Morgan fingerprint density at radius 1 is 1.67 bits per heavy atom. The second-order valence-corrected chi connectivity index (χ2v) is 0.948. The molecule has 0 aromatic rings. The second kappa shape index (κ2) is 4.87. The second-order valence-electron chi connectivity index (χ2n) is 0.509. The van der Waals surface area contributed by atoms with Gasteiger partial charge in [-0.15, -0.1) is 0 Å². The third kappa shape index (κ3) is 9.12. The topological polar surface area (TPSA) is 64.1 Å². The number of hydrazine groups is 1. The fourth-order valence-corrected chi connectivity index (χ4v) is 0. The summed E-state index contributed by atoms with van der Waals surface area (Å²) in [7, 11) is 0. The van der Waals surface area contributed by atoms with Crippen LogP contribution in [0.2, 0.25) is 0 Å². The lowest BCUT2D eigenvalue weighted by Crippen LogP contribution is -2.34.